The van der Waals surface area contributed by atoms with E-state index in [1.807, 2.05) is 12.4 Å². The number of nitrogens with one attached hydrogen (secondary N) is 1. The van der Waals surface area contributed by atoms with Crippen molar-refractivity contribution >= 4 is 5.95 Å². The molecule has 0 bridgehead atoms. The number of rotatable bonds is 3. The molecule has 0 amide bonds. The third kappa shape index (κ3) is 4.00. The minimum atomic E-state index is -0.275. The fourth-order valence-corrected chi connectivity index (χ4v) is 4.68. The first kappa shape index (κ1) is 19.5. The first-order valence-corrected chi connectivity index (χ1v) is 9.85. The molecule has 1 fully saturated rings. The van der Waals surface area contributed by atoms with Crippen LogP contribution < -0.4 is 11.1 Å². The number of hydrogen-bond acceptors (Lipinski definition) is 5. The van der Waals surface area contributed by atoms with Gasteiger partial charge in [0.2, 0.25) is 5.95 Å². The van der Waals surface area contributed by atoms with Crippen molar-refractivity contribution in [2.45, 2.75) is 57.7 Å². The van der Waals surface area contributed by atoms with Crippen molar-refractivity contribution < 1.29 is 4.39 Å². The monoisotopic (exact) mass is 394 g/mol. The Morgan fingerprint density at radius 2 is 1.69 bits per heavy atom. The van der Waals surface area contributed by atoms with Crippen molar-refractivity contribution in [3.8, 4) is 22.6 Å². The topological polar surface area (TPSA) is 81.7 Å². The Morgan fingerprint density at radius 1 is 1.03 bits per heavy atom. The van der Waals surface area contributed by atoms with Crippen molar-refractivity contribution in [1.29, 1.82) is 0 Å². The first-order chi connectivity index (χ1) is 13.6. The number of anilines is 1. The normalized spacial score (nSPS) is 18.7. The fourth-order valence-electron chi connectivity index (χ4n) is 4.68. The summed E-state index contributed by atoms with van der Waals surface area (Å²) in [6.07, 6.45) is 5.42. The number of nitrogen functional groups attached to an aromatic ring is 1. The van der Waals surface area contributed by atoms with E-state index in [0.29, 0.717) is 5.69 Å². The van der Waals surface area contributed by atoms with E-state index in [2.05, 4.69) is 47.5 Å². The smallest absolute Gasteiger partial charge is 0.220 e. The minimum Gasteiger partial charge on any atom is -0.368 e. The van der Waals surface area contributed by atoms with Crippen LogP contribution in [0.1, 0.15) is 46.6 Å². The summed E-state index contributed by atoms with van der Waals surface area (Å²) >= 11 is 0. The van der Waals surface area contributed by atoms with Gasteiger partial charge < -0.3 is 15.6 Å². The zero-order chi connectivity index (χ0) is 20.8. The van der Waals surface area contributed by atoms with E-state index in [-0.39, 0.29) is 28.9 Å². The number of hydrogen-bond donors (Lipinski definition) is 2. The molecule has 6 nitrogen and oxygen atoms in total. The van der Waals surface area contributed by atoms with Gasteiger partial charge in [0.1, 0.15) is 5.82 Å². The average Bonchev–Trinajstić information content (AvgIpc) is 3.05. The van der Waals surface area contributed by atoms with Crippen LogP contribution in [0.3, 0.4) is 0 Å². The molecule has 0 saturated carbocycles. The summed E-state index contributed by atoms with van der Waals surface area (Å²) < 4.78 is 15.7. The molecule has 3 aromatic rings. The van der Waals surface area contributed by atoms with Crippen LogP contribution in [-0.2, 0) is 0 Å². The van der Waals surface area contributed by atoms with Gasteiger partial charge >= 0.3 is 0 Å². The summed E-state index contributed by atoms with van der Waals surface area (Å²) in [4.78, 5) is 13.2. The van der Waals surface area contributed by atoms with Gasteiger partial charge in [-0.3, -0.25) is 0 Å². The number of nitrogens with two attached hydrogens (primary N) is 1. The Morgan fingerprint density at radius 3 is 2.31 bits per heavy atom. The van der Waals surface area contributed by atoms with Crippen LogP contribution in [-0.4, -0.2) is 30.6 Å². The quantitative estimate of drug-likeness (QED) is 0.695. The Balaban J connectivity index is 1.87. The number of imidazole rings is 1. The standard InChI is InChI=1S/C22H27FN6/c1-21(2)11-16(12-22(3,4)28-21)29-13-26-18(14-5-7-15(23)8-6-14)19(29)17-9-10-25-20(24)27-17/h5-10,13,16,28H,11-12H2,1-4H3,(H2,24,25,27). The molecule has 0 radical (unpaired) electrons. The van der Waals surface area contributed by atoms with E-state index in [1.165, 1.54) is 12.1 Å². The van der Waals surface area contributed by atoms with E-state index < -0.39 is 0 Å². The van der Waals surface area contributed by atoms with Crippen LogP contribution in [0.25, 0.3) is 22.6 Å². The molecule has 152 valence electrons. The predicted octanol–water partition coefficient (Wildman–Crippen LogP) is 4.21. The first-order valence-electron chi connectivity index (χ1n) is 9.85. The lowest BCUT2D eigenvalue weighted by Crippen LogP contribution is -2.57. The maximum atomic E-state index is 13.5. The van der Waals surface area contributed by atoms with Crippen LogP contribution in [0.2, 0.25) is 0 Å². The summed E-state index contributed by atoms with van der Waals surface area (Å²) in [5, 5.41) is 3.72. The SMILES string of the molecule is CC1(C)CC(n2cnc(-c3ccc(F)cc3)c2-c2ccnc(N)n2)CC(C)(C)N1. The number of aromatic nitrogens is 4. The van der Waals surface area contributed by atoms with E-state index in [0.717, 1.165) is 29.8 Å². The Kier molecular flexibility index (Phi) is 4.65. The van der Waals surface area contributed by atoms with Crippen LogP contribution >= 0.6 is 0 Å². The van der Waals surface area contributed by atoms with Gasteiger partial charge in [0.05, 0.1) is 23.4 Å². The molecule has 0 atom stereocenters. The van der Waals surface area contributed by atoms with Gasteiger partial charge in [0.25, 0.3) is 0 Å². The molecule has 1 aromatic carbocycles. The molecule has 2 aromatic heterocycles. The molecule has 1 aliphatic heterocycles. The van der Waals surface area contributed by atoms with Gasteiger partial charge in [-0.05, 0) is 70.9 Å². The zero-order valence-electron chi connectivity index (χ0n) is 17.3. The summed E-state index contributed by atoms with van der Waals surface area (Å²) in [6, 6.07) is 8.45. The number of halogens is 1. The number of piperidine rings is 1. The highest BCUT2D eigenvalue weighted by molar-refractivity contribution is 5.77. The van der Waals surface area contributed by atoms with Crippen molar-refractivity contribution in [3.63, 3.8) is 0 Å². The van der Waals surface area contributed by atoms with Crippen molar-refractivity contribution in [3.05, 3.63) is 48.7 Å². The molecule has 1 aliphatic rings. The number of nitrogens with zero attached hydrogens (tertiary/aromatic N) is 4. The van der Waals surface area contributed by atoms with Crippen LogP contribution in [0.5, 0.6) is 0 Å². The van der Waals surface area contributed by atoms with Crippen molar-refractivity contribution in [2.24, 2.45) is 0 Å². The Hall–Kier alpha value is -2.80. The van der Waals surface area contributed by atoms with Crippen LogP contribution in [0, 0.1) is 5.82 Å². The molecule has 7 heteroatoms. The highest BCUT2D eigenvalue weighted by Crippen LogP contribution is 2.40. The van der Waals surface area contributed by atoms with E-state index in [1.54, 1.807) is 18.3 Å². The predicted molar refractivity (Wildman–Crippen MR) is 113 cm³/mol. The maximum absolute atomic E-state index is 13.5. The molecule has 0 unspecified atom stereocenters. The molecule has 1 saturated heterocycles. The van der Waals surface area contributed by atoms with Crippen molar-refractivity contribution in [2.75, 3.05) is 5.73 Å². The fraction of sp³-hybridized carbons (Fsp3) is 0.409. The second-order valence-corrected chi connectivity index (χ2v) is 9.11. The third-order valence-electron chi connectivity index (χ3n) is 5.39. The second-order valence-electron chi connectivity index (χ2n) is 9.11. The minimum absolute atomic E-state index is 0.0192. The van der Waals surface area contributed by atoms with Gasteiger partial charge in [0.15, 0.2) is 0 Å². The van der Waals surface area contributed by atoms with E-state index in [4.69, 9.17) is 10.7 Å². The Bertz CT molecular complexity index is 1010. The van der Waals surface area contributed by atoms with Crippen molar-refractivity contribution in [1.82, 2.24) is 24.8 Å². The van der Waals surface area contributed by atoms with Gasteiger partial charge in [-0.2, -0.15) is 0 Å². The Labute approximate surface area is 170 Å². The van der Waals surface area contributed by atoms with Gasteiger partial charge in [0, 0.05) is 28.9 Å². The summed E-state index contributed by atoms with van der Waals surface area (Å²) in [7, 11) is 0. The van der Waals surface area contributed by atoms with Gasteiger partial charge in [-0.15, -0.1) is 0 Å². The molecule has 3 N–H and O–H groups in total. The second kappa shape index (κ2) is 6.91. The lowest BCUT2D eigenvalue weighted by molar-refractivity contribution is 0.133. The third-order valence-corrected chi connectivity index (χ3v) is 5.39. The largest absolute Gasteiger partial charge is 0.368 e. The van der Waals surface area contributed by atoms with Crippen LogP contribution in [0.4, 0.5) is 10.3 Å². The number of benzene rings is 1. The summed E-state index contributed by atoms with van der Waals surface area (Å²) in [5.41, 5.74) is 9.03. The van der Waals surface area contributed by atoms with Crippen LogP contribution in [0.15, 0.2) is 42.9 Å². The molecule has 4 rings (SSSR count). The average molecular weight is 394 g/mol. The molecule has 29 heavy (non-hydrogen) atoms. The maximum Gasteiger partial charge on any atom is 0.220 e. The van der Waals surface area contributed by atoms with Gasteiger partial charge in [-0.25, -0.2) is 19.3 Å². The lowest BCUT2D eigenvalue weighted by atomic mass is 9.79. The van der Waals surface area contributed by atoms with E-state index in [9.17, 15) is 4.39 Å². The van der Waals surface area contributed by atoms with Gasteiger partial charge in [-0.1, -0.05) is 0 Å². The lowest BCUT2D eigenvalue weighted by Gasteiger charge is -2.47. The molecule has 0 spiro atoms. The highest BCUT2D eigenvalue weighted by atomic mass is 19.1. The van der Waals surface area contributed by atoms with E-state index >= 15 is 0 Å². The molecule has 0 aliphatic carbocycles. The highest BCUT2D eigenvalue weighted by Gasteiger charge is 2.39. The summed E-state index contributed by atoms with van der Waals surface area (Å²) in [6.45, 7) is 8.89. The molecule has 3 heterocycles. The zero-order valence-corrected chi connectivity index (χ0v) is 17.3. The summed E-state index contributed by atoms with van der Waals surface area (Å²) in [5.74, 6) is -0.0610. The molecular formula is C22H27FN6. The molecular weight excluding hydrogens is 367 g/mol.